The van der Waals surface area contributed by atoms with E-state index in [9.17, 15) is 9.59 Å². The Balaban J connectivity index is 1.16. The highest BCUT2D eigenvalue weighted by Crippen LogP contribution is 2.33. The minimum absolute atomic E-state index is 0.246. The molecule has 0 bridgehead atoms. The zero-order valence-electron chi connectivity index (χ0n) is 26.0. The first-order chi connectivity index (χ1) is 21.9. The molecule has 10 nitrogen and oxygen atoms in total. The SMILES string of the molecule is COc1cc(NC(=O)Nc2cccc(CNC(=O)OC(CN(CC(C)C)CC3CC3)c3ccccc3)c2)ccc1-c1cnco1. The molecule has 10 heteroatoms. The van der Waals surface area contributed by atoms with Crippen LogP contribution in [0.25, 0.3) is 11.3 Å². The average molecular weight is 612 g/mol. The highest BCUT2D eigenvalue weighted by atomic mass is 16.6. The van der Waals surface area contributed by atoms with Crippen molar-refractivity contribution in [3.05, 3.63) is 96.5 Å². The maximum absolute atomic E-state index is 13.0. The van der Waals surface area contributed by atoms with E-state index >= 15 is 0 Å². The molecule has 0 radical (unpaired) electrons. The molecule has 0 aliphatic heterocycles. The molecule has 1 unspecified atom stereocenters. The third kappa shape index (κ3) is 9.58. The Kier molecular flexibility index (Phi) is 10.7. The molecule has 3 N–H and O–H groups in total. The van der Waals surface area contributed by atoms with Crippen LogP contribution in [-0.2, 0) is 11.3 Å². The van der Waals surface area contributed by atoms with Crippen LogP contribution < -0.4 is 20.7 Å². The van der Waals surface area contributed by atoms with Crippen LogP contribution in [0.3, 0.4) is 0 Å². The second-order valence-corrected chi connectivity index (χ2v) is 11.8. The number of ether oxygens (including phenoxy) is 2. The third-order valence-electron chi connectivity index (χ3n) is 7.46. The van der Waals surface area contributed by atoms with Crippen molar-refractivity contribution in [1.29, 1.82) is 0 Å². The van der Waals surface area contributed by atoms with Crippen LogP contribution in [0.2, 0.25) is 0 Å². The van der Waals surface area contributed by atoms with E-state index in [0.29, 0.717) is 35.3 Å². The molecule has 3 aromatic carbocycles. The van der Waals surface area contributed by atoms with Gasteiger partial charge >= 0.3 is 12.1 Å². The Bertz CT molecular complexity index is 1540. The highest BCUT2D eigenvalue weighted by molar-refractivity contribution is 6.00. The van der Waals surface area contributed by atoms with E-state index in [1.54, 1.807) is 37.6 Å². The van der Waals surface area contributed by atoms with Gasteiger partial charge in [0.05, 0.1) is 18.9 Å². The van der Waals surface area contributed by atoms with E-state index in [1.165, 1.54) is 19.2 Å². The number of methoxy groups -OCH3 is 1. The number of hydrogen-bond acceptors (Lipinski definition) is 7. The van der Waals surface area contributed by atoms with Gasteiger partial charge in [0.25, 0.3) is 0 Å². The van der Waals surface area contributed by atoms with Gasteiger partial charge in [0, 0.05) is 43.6 Å². The zero-order chi connectivity index (χ0) is 31.6. The molecule has 45 heavy (non-hydrogen) atoms. The van der Waals surface area contributed by atoms with Gasteiger partial charge in [-0.25, -0.2) is 14.6 Å². The summed E-state index contributed by atoms with van der Waals surface area (Å²) in [5.74, 6) is 2.36. The van der Waals surface area contributed by atoms with Crippen molar-refractivity contribution < 1.29 is 23.5 Å². The quantitative estimate of drug-likeness (QED) is 0.137. The monoisotopic (exact) mass is 611 g/mol. The first-order valence-electron chi connectivity index (χ1n) is 15.3. The number of carbonyl (C=O) groups excluding carboxylic acids is 2. The van der Waals surface area contributed by atoms with E-state index in [-0.39, 0.29) is 12.6 Å². The molecule has 5 rings (SSSR count). The molecule has 1 aliphatic carbocycles. The largest absolute Gasteiger partial charge is 0.496 e. The lowest BCUT2D eigenvalue weighted by Gasteiger charge is -2.29. The predicted octanol–water partition coefficient (Wildman–Crippen LogP) is 7.33. The van der Waals surface area contributed by atoms with Gasteiger partial charge in [0.1, 0.15) is 11.9 Å². The molecule has 0 spiro atoms. The lowest BCUT2D eigenvalue weighted by molar-refractivity contribution is 0.0643. The number of nitrogens with one attached hydrogen (secondary N) is 3. The number of hydrogen-bond donors (Lipinski definition) is 3. The molecule has 1 aromatic heterocycles. The van der Waals surface area contributed by atoms with Crippen molar-refractivity contribution in [3.63, 3.8) is 0 Å². The highest BCUT2D eigenvalue weighted by Gasteiger charge is 2.27. The van der Waals surface area contributed by atoms with E-state index < -0.39 is 12.1 Å². The summed E-state index contributed by atoms with van der Waals surface area (Å²) < 4.78 is 16.8. The number of rotatable bonds is 14. The normalized spacial score (nSPS) is 13.4. The number of anilines is 2. The number of benzene rings is 3. The second-order valence-electron chi connectivity index (χ2n) is 11.8. The van der Waals surface area contributed by atoms with E-state index in [2.05, 4.69) is 39.7 Å². The standard InChI is InChI=1S/C35H41N5O5/c1-24(2)20-40(21-25-12-13-25)22-33(27-9-5-4-6-10-27)45-35(42)37-18-26-8-7-11-28(16-26)38-34(41)39-29-14-15-30(31(17-29)43-3)32-19-36-23-44-32/h4-11,14-17,19,23-25,33H,12-13,18,20-22H2,1-3H3,(H,37,42)(H2,38,39,41). The van der Waals surface area contributed by atoms with Crippen LogP contribution in [0, 0.1) is 11.8 Å². The van der Waals surface area contributed by atoms with Crippen LogP contribution in [-0.4, -0.2) is 48.8 Å². The number of carbonyl (C=O) groups is 2. The molecular formula is C35H41N5O5. The summed E-state index contributed by atoms with van der Waals surface area (Å²) in [7, 11) is 1.55. The van der Waals surface area contributed by atoms with Crippen LogP contribution in [0.1, 0.15) is 43.9 Å². The van der Waals surface area contributed by atoms with E-state index in [1.807, 2.05) is 48.5 Å². The van der Waals surface area contributed by atoms with Gasteiger partial charge in [-0.2, -0.15) is 0 Å². The smallest absolute Gasteiger partial charge is 0.408 e. The summed E-state index contributed by atoms with van der Waals surface area (Å²) in [6.07, 6.45) is 4.61. The topological polar surface area (TPSA) is 118 Å². The van der Waals surface area contributed by atoms with Crippen molar-refractivity contribution in [2.75, 3.05) is 37.4 Å². The van der Waals surface area contributed by atoms with E-state index in [0.717, 1.165) is 35.7 Å². The number of aromatic nitrogens is 1. The average Bonchev–Trinajstić information content (AvgIpc) is 3.67. The minimum Gasteiger partial charge on any atom is -0.496 e. The van der Waals surface area contributed by atoms with Gasteiger partial charge in [0.2, 0.25) is 0 Å². The lowest BCUT2D eigenvalue weighted by atomic mass is 10.1. The maximum Gasteiger partial charge on any atom is 0.408 e. The fourth-order valence-corrected chi connectivity index (χ4v) is 5.24. The first kappa shape index (κ1) is 31.6. The Labute approximate surface area is 264 Å². The Morgan fingerprint density at radius 1 is 0.978 bits per heavy atom. The fourth-order valence-electron chi connectivity index (χ4n) is 5.24. The maximum atomic E-state index is 13.0. The molecule has 3 amide bonds. The lowest BCUT2D eigenvalue weighted by Crippen LogP contribution is -2.36. The molecule has 4 aromatic rings. The van der Waals surface area contributed by atoms with Crippen molar-refractivity contribution in [3.8, 4) is 17.1 Å². The predicted molar refractivity (Wildman–Crippen MR) is 174 cm³/mol. The van der Waals surface area contributed by atoms with Crippen molar-refractivity contribution >= 4 is 23.5 Å². The molecule has 0 saturated heterocycles. The van der Waals surface area contributed by atoms with Gasteiger partial charge in [-0.15, -0.1) is 0 Å². The Morgan fingerprint density at radius 3 is 2.44 bits per heavy atom. The summed E-state index contributed by atoms with van der Waals surface area (Å²) in [6.45, 7) is 7.31. The second kappa shape index (κ2) is 15.3. The van der Waals surface area contributed by atoms with Gasteiger partial charge in [-0.1, -0.05) is 56.3 Å². The summed E-state index contributed by atoms with van der Waals surface area (Å²) >= 11 is 0. The number of oxazole rings is 1. The van der Waals surface area contributed by atoms with Crippen LogP contribution in [0.4, 0.5) is 21.0 Å². The molecule has 1 aliphatic rings. The van der Waals surface area contributed by atoms with Crippen LogP contribution >= 0.6 is 0 Å². The fraction of sp³-hybridized carbons (Fsp3) is 0.343. The molecule has 1 saturated carbocycles. The van der Waals surface area contributed by atoms with E-state index in [4.69, 9.17) is 13.9 Å². The number of nitrogens with zero attached hydrogens (tertiary/aromatic N) is 2. The van der Waals surface area contributed by atoms with Gasteiger partial charge in [-0.05, 0) is 60.1 Å². The summed E-state index contributed by atoms with van der Waals surface area (Å²) in [5, 5.41) is 8.54. The van der Waals surface area contributed by atoms with Gasteiger partial charge in [-0.3, -0.25) is 4.90 Å². The molecule has 236 valence electrons. The summed E-state index contributed by atoms with van der Waals surface area (Å²) in [4.78, 5) is 32.1. The summed E-state index contributed by atoms with van der Waals surface area (Å²) in [6, 6.07) is 22.0. The molecule has 1 fully saturated rings. The number of amides is 3. The third-order valence-corrected chi connectivity index (χ3v) is 7.46. The molecule has 1 heterocycles. The zero-order valence-corrected chi connectivity index (χ0v) is 26.0. The van der Waals surface area contributed by atoms with Gasteiger partial charge in [0.15, 0.2) is 12.2 Å². The number of alkyl carbamates (subject to hydrolysis) is 1. The number of urea groups is 1. The minimum atomic E-state index is -0.487. The van der Waals surface area contributed by atoms with Crippen molar-refractivity contribution in [2.24, 2.45) is 11.8 Å². The Hall–Kier alpha value is -4.83. The van der Waals surface area contributed by atoms with Crippen molar-refractivity contribution in [1.82, 2.24) is 15.2 Å². The summed E-state index contributed by atoms with van der Waals surface area (Å²) in [5.41, 5.74) is 3.64. The van der Waals surface area contributed by atoms with Crippen LogP contribution in [0.5, 0.6) is 5.75 Å². The van der Waals surface area contributed by atoms with Crippen LogP contribution in [0.15, 0.2) is 89.8 Å². The molecular weight excluding hydrogens is 570 g/mol. The Morgan fingerprint density at radius 2 is 1.76 bits per heavy atom. The first-order valence-corrected chi connectivity index (χ1v) is 15.3. The van der Waals surface area contributed by atoms with Crippen molar-refractivity contribution in [2.45, 2.75) is 39.3 Å². The van der Waals surface area contributed by atoms with Gasteiger partial charge < -0.3 is 29.8 Å². The molecule has 1 atom stereocenters.